The fourth-order valence-electron chi connectivity index (χ4n) is 1.72. The molecule has 13 heavy (non-hydrogen) atoms. The summed E-state index contributed by atoms with van der Waals surface area (Å²) in [6.45, 7) is 2.21. The maximum atomic E-state index is 2.33. The molecule has 0 saturated carbocycles. The summed E-state index contributed by atoms with van der Waals surface area (Å²) >= 11 is 1.51. The Kier molecular flexibility index (Phi) is 1.78. The van der Waals surface area contributed by atoms with E-state index in [1.807, 2.05) is 0 Å². The van der Waals surface area contributed by atoms with Crippen molar-refractivity contribution in [1.29, 1.82) is 0 Å². The van der Waals surface area contributed by atoms with Gasteiger partial charge in [-0.2, -0.15) is 0 Å². The average Bonchev–Trinajstić information content (AvgIpc) is 2.57. The zero-order valence-electron chi connectivity index (χ0n) is 7.20. The SMILES string of the molecule is Cc1ccc2c3c(cccc13)[Se][Se]2. The first-order valence-electron chi connectivity index (χ1n) is 4.23. The topological polar surface area (TPSA) is 0 Å². The van der Waals surface area contributed by atoms with Gasteiger partial charge in [0.1, 0.15) is 0 Å². The predicted molar refractivity (Wildman–Crippen MR) is 59.5 cm³/mol. The van der Waals surface area contributed by atoms with E-state index >= 15 is 0 Å². The van der Waals surface area contributed by atoms with Crippen LogP contribution in [0.15, 0.2) is 30.3 Å². The summed E-state index contributed by atoms with van der Waals surface area (Å²) < 4.78 is 3.26. The molecule has 2 aromatic rings. The van der Waals surface area contributed by atoms with Crippen LogP contribution in [-0.2, 0) is 0 Å². The van der Waals surface area contributed by atoms with Gasteiger partial charge in [-0.1, -0.05) is 0 Å². The fraction of sp³-hybridized carbons (Fsp3) is 0.0909. The second-order valence-corrected chi connectivity index (χ2v) is 9.40. The van der Waals surface area contributed by atoms with Crippen LogP contribution >= 0.6 is 0 Å². The molecule has 64 valence electrons. The fourth-order valence-corrected chi connectivity index (χ4v) is 9.22. The molecule has 1 aliphatic heterocycles. The first kappa shape index (κ1) is 8.08. The van der Waals surface area contributed by atoms with Crippen molar-refractivity contribution in [3.8, 4) is 0 Å². The van der Waals surface area contributed by atoms with Crippen molar-refractivity contribution < 1.29 is 0 Å². The average molecular weight is 298 g/mol. The number of hydrogen-bond donors (Lipinski definition) is 0. The van der Waals surface area contributed by atoms with Gasteiger partial charge in [0.15, 0.2) is 0 Å². The summed E-state index contributed by atoms with van der Waals surface area (Å²) in [4.78, 5) is 0. The first-order chi connectivity index (χ1) is 6.36. The molecule has 1 heterocycles. The zero-order chi connectivity index (χ0) is 8.84. The Hall–Kier alpha value is -0.261. The van der Waals surface area contributed by atoms with Crippen LogP contribution in [0, 0.1) is 6.92 Å². The summed E-state index contributed by atoms with van der Waals surface area (Å²) in [5.74, 6) is 0. The Morgan fingerprint density at radius 1 is 0.923 bits per heavy atom. The van der Waals surface area contributed by atoms with E-state index in [1.165, 1.54) is 10.9 Å². The zero-order valence-corrected chi connectivity index (χ0v) is 10.6. The van der Waals surface area contributed by atoms with Crippen molar-refractivity contribution in [3.05, 3.63) is 35.9 Å². The van der Waals surface area contributed by atoms with Crippen molar-refractivity contribution in [2.45, 2.75) is 6.92 Å². The molecule has 0 unspecified atom stereocenters. The van der Waals surface area contributed by atoms with E-state index in [4.69, 9.17) is 0 Å². The van der Waals surface area contributed by atoms with Crippen LogP contribution in [0.3, 0.4) is 0 Å². The molecule has 0 aromatic heterocycles. The van der Waals surface area contributed by atoms with Gasteiger partial charge in [-0.3, -0.25) is 0 Å². The molecule has 0 N–H and O–H groups in total. The van der Waals surface area contributed by atoms with E-state index < -0.39 is 0 Å². The van der Waals surface area contributed by atoms with Crippen molar-refractivity contribution in [1.82, 2.24) is 0 Å². The molecule has 0 fully saturated rings. The normalized spacial score (nSPS) is 13.9. The van der Waals surface area contributed by atoms with E-state index in [1.54, 1.807) is 14.3 Å². The van der Waals surface area contributed by atoms with Crippen LogP contribution in [0.5, 0.6) is 0 Å². The molecule has 0 radical (unpaired) electrons. The Morgan fingerprint density at radius 2 is 1.69 bits per heavy atom. The molecule has 0 bridgehead atoms. The second kappa shape index (κ2) is 2.86. The van der Waals surface area contributed by atoms with E-state index in [9.17, 15) is 0 Å². The summed E-state index contributed by atoms with van der Waals surface area (Å²) in [5, 5.41) is 3.07. The van der Waals surface area contributed by atoms with Gasteiger partial charge in [0.2, 0.25) is 0 Å². The van der Waals surface area contributed by atoms with Crippen LogP contribution in [0.2, 0.25) is 0 Å². The quantitative estimate of drug-likeness (QED) is 0.629. The van der Waals surface area contributed by atoms with Crippen LogP contribution in [0.25, 0.3) is 10.8 Å². The maximum absolute atomic E-state index is 2.33. The Bertz CT molecular complexity index is 478. The van der Waals surface area contributed by atoms with Gasteiger partial charge in [0.25, 0.3) is 0 Å². The van der Waals surface area contributed by atoms with E-state index in [-0.39, 0.29) is 0 Å². The molecule has 0 saturated heterocycles. The van der Waals surface area contributed by atoms with Crippen molar-refractivity contribution >= 4 is 46.0 Å². The summed E-state index contributed by atoms with van der Waals surface area (Å²) in [6, 6.07) is 11.4. The molecule has 2 heteroatoms. The molecule has 0 spiro atoms. The molecule has 3 rings (SSSR count). The van der Waals surface area contributed by atoms with Gasteiger partial charge in [0, 0.05) is 0 Å². The minimum atomic E-state index is 0.753. The molecule has 2 aromatic carbocycles. The van der Waals surface area contributed by atoms with Crippen LogP contribution < -0.4 is 8.92 Å². The molecule has 1 aliphatic rings. The number of aryl methyl sites for hydroxylation is 1. The first-order valence-corrected chi connectivity index (χ1v) is 10.3. The third-order valence-corrected chi connectivity index (χ3v) is 9.58. The summed E-state index contributed by atoms with van der Waals surface area (Å²) in [6.07, 6.45) is 0. The van der Waals surface area contributed by atoms with E-state index in [0.29, 0.717) is 0 Å². The second-order valence-electron chi connectivity index (χ2n) is 3.23. The molecule has 0 atom stereocenters. The molecular weight excluding hydrogens is 290 g/mol. The van der Waals surface area contributed by atoms with Crippen LogP contribution in [0.4, 0.5) is 0 Å². The van der Waals surface area contributed by atoms with E-state index in [0.717, 1.165) is 26.3 Å². The molecule has 0 nitrogen and oxygen atoms in total. The number of rotatable bonds is 0. The van der Waals surface area contributed by atoms with Crippen molar-refractivity contribution in [3.63, 3.8) is 0 Å². The van der Waals surface area contributed by atoms with Crippen molar-refractivity contribution in [2.75, 3.05) is 0 Å². The third kappa shape index (κ3) is 1.11. The number of hydrogen-bond acceptors (Lipinski definition) is 0. The Morgan fingerprint density at radius 3 is 2.54 bits per heavy atom. The Balaban J connectivity index is 2.58. The van der Waals surface area contributed by atoms with Gasteiger partial charge >= 0.3 is 88.8 Å². The van der Waals surface area contributed by atoms with Gasteiger partial charge < -0.3 is 0 Å². The molecule has 0 aliphatic carbocycles. The monoisotopic (exact) mass is 300 g/mol. The van der Waals surface area contributed by atoms with Crippen LogP contribution in [-0.4, -0.2) is 26.3 Å². The van der Waals surface area contributed by atoms with Gasteiger partial charge in [-0.25, -0.2) is 0 Å². The van der Waals surface area contributed by atoms with Crippen molar-refractivity contribution in [2.24, 2.45) is 0 Å². The Labute approximate surface area is 88.6 Å². The minimum absolute atomic E-state index is 0.753. The predicted octanol–water partition coefficient (Wildman–Crippen LogP) is 0.736. The van der Waals surface area contributed by atoms with Gasteiger partial charge in [-0.05, 0) is 0 Å². The van der Waals surface area contributed by atoms with Gasteiger partial charge in [0.05, 0.1) is 0 Å². The third-order valence-electron chi connectivity index (χ3n) is 2.40. The molecular formula is C11H8Se2. The number of benzene rings is 2. The summed E-state index contributed by atoms with van der Waals surface area (Å²) in [7, 11) is 0. The summed E-state index contributed by atoms with van der Waals surface area (Å²) in [5.41, 5.74) is 1.43. The standard InChI is InChI=1S/C11H8Se2/c1-7-5-6-10-11-8(7)3-2-4-9(11)12-13-10/h2-6H,1H3. The molecule has 0 amide bonds. The van der Waals surface area contributed by atoms with Crippen LogP contribution in [0.1, 0.15) is 5.56 Å². The van der Waals surface area contributed by atoms with E-state index in [2.05, 4.69) is 37.3 Å². The van der Waals surface area contributed by atoms with Gasteiger partial charge in [-0.15, -0.1) is 0 Å².